The van der Waals surface area contributed by atoms with Crippen molar-refractivity contribution in [2.24, 2.45) is 0 Å². The third-order valence-corrected chi connectivity index (χ3v) is 6.38. The molecule has 0 aliphatic rings. The zero-order valence-corrected chi connectivity index (χ0v) is 19.9. The molecule has 0 bridgehead atoms. The molecule has 0 atom stereocenters. The molecule has 3 heterocycles. The largest absolute Gasteiger partial charge is 0.457 e. The topological polar surface area (TPSA) is 85.3 Å². The molecule has 0 radical (unpaired) electrons. The quantitative estimate of drug-likeness (QED) is 0.274. The Morgan fingerprint density at radius 2 is 1.97 bits per heavy atom. The number of hydrogen-bond donors (Lipinski definition) is 1. The van der Waals surface area contributed by atoms with Crippen LogP contribution >= 0.6 is 27.3 Å². The summed E-state index contributed by atoms with van der Waals surface area (Å²) >= 11 is 4.88. The molecule has 0 aliphatic carbocycles. The highest BCUT2D eigenvalue weighted by atomic mass is 79.9. The zero-order valence-electron chi connectivity index (χ0n) is 17.5. The van der Waals surface area contributed by atoms with Crippen LogP contribution in [0, 0.1) is 0 Å². The summed E-state index contributed by atoms with van der Waals surface area (Å²) in [4.78, 5) is 13.2. The fraction of sp³-hybridized carbons (Fsp3) is 0.0833. The first kappa shape index (κ1) is 21.3. The highest BCUT2D eigenvalue weighted by molar-refractivity contribution is 9.10. The van der Waals surface area contributed by atoms with E-state index in [4.69, 9.17) is 4.42 Å². The first-order valence-corrected chi connectivity index (χ1v) is 11.9. The van der Waals surface area contributed by atoms with Crippen LogP contribution in [0.1, 0.15) is 18.5 Å². The second-order valence-corrected chi connectivity index (χ2v) is 9.06. The van der Waals surface area contributed by atoms with E-state index in [9.17, 15) is 4.79 Å². The lowest BCUT2D eigenvalue weighted by molar-refractivity contribution is -0.111. The second-order valence-electron chi connectivity index (χ2n) is 7.18. The molecule has 0 unspecified atom stereocenters. The maximum Gasteiger partial charge on any atom is 0.248 e. The van der Waals surface area contributed by atoms with Gasteiger partial charge >= 0.3 is 0 Å². The van der Waals surface area contributed by atoms with Crippen molar-refractivity contribution in [3.8, 4) is 21.9 Å². The molecule has 0 saturated heterocycles. The number of anilines is 1. The lowest BCUT2D eigenvalue weighted by Gasteiger charge is -2.03. The fourth-order valence-electron chi connectivity index (χ4n) is 3.28. The Hall–Kier alpha value is -3.56. The number of furan rings is 1. The lowest BCUT2D eigenvalue weighted by atomic mass is 10.2. The maximum absolute atomic E-state index is 12.5. The van der Waals surface area contributed by atoms with Gasteiger partial charge in [-0.1, -0.05) is 58.5 Å². The van der Waals surface area contributed by atoms with Gasteiger partial charge in [-0.2, -0.15) is 9.61 Å². The van der Waals surface area contributed by atoms with E-state index in [1.165, 1.54) is 17.4 Å². The number of halogens is 1. The molecule has 9 heteroatoms. The number of carbonyl (C=O) groups is 1. The second kappa shape index (κ2) is 9.13. The summed E-state index contributed by atoms with van der Waals surface area (Å²) in [5, 5.41) is 16.6. The van der Waals surface area contributed by atoms with Gasteiger partial charge in [-0.3, -0.25) is 4.79 Å². The Labute approximate surface area is 201 Å². The van der Waals surface area contributed by atoms with Gasteiger partial charge in [0.2, 0.25) is 10.9 Å². The molecule has 0 saturated carbocycles. The molecule has 33 heavy (non-hydrogen) atoms. The maximum atomic E-state index is 12.5. The number of fused-ring (bicyclic) bond motifs is 1. The number of aromatic nitrogens is 4. The van der Waals surface area contributed by atoms with Crippen molar-refractivity contribution in [1.29, 1.82) is 0 Å². The van der Waals surface area contributed by atoms with Crippen LogP contribution in [0.15, 0.2) is 75.6 Å². The van der Waals surface area contributed by atoms with E-state index < -0.39 is 0 Å². The summed E-state index contributed by atoms with van der Waals surface area (Å²) in [6.07, 6.45) is 3.86. The lowest BCUT2D eigenvalue weighted by Crippen LogP contribution is -2.07. The van der Waals surface area contributed by atoms with Gasteiger partial charge in [0.15, 0.2) is 5.82 Å². The van der Waals surface area contributed by atoms with Crippen molar-refractivity contribution in [1.82, 2.24) is 19.8 Å². The number of rotatable bonds is 6. The van der Waals surface area contributed by atoms with E-state index in [0.717, 1.165) is 43.6 Å². The number of aryl methyl sites for hydroxylation is 1. The van der Waals surface area contributed by atoms with Gasteiger partial charge < -0.3 is 9.73 Å². The molecule has 0 spiro atoms. The molecule has 2 aromatic carbocycles. The number of nitrogens with one attached hydrogen (secondary N) is 1. The van der Waals surface area contributed by atoms with Crippen LogP contribution < -0.4 is 5.32 Å². The number of benzene rings is 2. The molecule has 0 fully saturated rings. The normalized spacial score (nSPS) is 11.5. The van der Waals surface area contributed by atoms with Crippen LogP contribution in [-0.4, -0.2) is 25.7 Å². The molecule has 0 aliphatic heterocycles. The molecule has 1 N–H and O–H groups in total. The third kappa shape index (κ3) is 4.64. The van der Waals surface area contributed by atoms with Crippen LogP contribution in [0.3, 0.4) is 0 Å². The minimum Gasteiger partial charge on any atom is -0.457 e. The van der Waals surface area contributed by atoms with Crippen molar-refractivity contribution >= 4 is 49.9 Å². The van der Waals surface area contributed by atoms with E-state index in [-0.39, 0.29) is 5.91 Å². The summed E-state index contributed by atoms with van der Waals surface area (Å²) in [5.41, 5.74) is 2.55. The van der Waals surface area contributed by atoms with Crippen LogP contribution in [0.4, 0.5) is 5.69 Å². The SMILES string of the molecule is CCc1nnc2sc(-c3cccc(NC(=O)/C=C/c4ccc(-c5ccc(Br)cc5)o4)c3)nn12. The first-order valence-electron chi connectivity index (χ1n) is 10.3. The third-order valence-electron chi connectivity index (χ3n) is 4.90. The van der Waals surface area contributed by atoms with Crippen LogP contribution in [-0.2, 0) is 11.2 Å². The van der Waals surface area contributed by atoms with Gasteiger partial charge in [0.25, 0.3) is 0 Å². The van der Waals surface area contributed by atoms with Crippen molar-refractivity contribution in [2.45, 2.75) is 13.3 Å². The summed E-state index contributed by atoms with van der Waals surface area (Å²) in [6, 6.07) is 19.1. The van der Waals surface area contributed by atoms with Crippen LogP contribution in [0.5, 0.6) is 0 Å². The van der Waals surface area contributed by atoms with Gasteiger partial charge in [-0.05, 0) is 42.5 Å². The molecule has 3 aromatic heterocycles. The fourth-order valence-corrected chi connectivity index (χ4v) is 4.40. The Balaban J connectivity index is 1.27. The van der Waals surface area contributed by atoms with E-state index in [2.05, 4.69) is 36.5 Å². The highest BCUT2D eigenvalue weighted by Gasteiger charge is 2.12. The monoisotopic (exact) mass is 519 g/mol. The number of carbonyl (C=O) groups excluding carboxylic acids is 1. The summed E-state index contributed by atoms with van der Waals surface area (Å²) < 4.78 is 8.59. The smallest absolute Gasteiger partial charge is 0.248 e. The van der Waals surface area contributed by atoms with Gasteiger partial charge in [0.1, 0.15) is 16.5 Å². The average Bonchev–Trinajstić information content (AvgIpc) is 3.54. The standard InChI is InChI=1S/C24H18BrN5O2S/c1-2-21-27-28-24-30(21)29-23(33-24)16-4-3-5-18(14-16)26-22(31)13-11-19-10-12-20(32-19)15-6-8-17(25)9-7-15/h3-14H,2H2,1H3,(H,26,31)/b13-11+. The molecule has 5 rings (SSSR count). The van der Waals surface area contributed by atoms with Crippen molar-refractivity contribution in [2.75, 3.05) is 5.32 Å². The molecular formula is C24H18BrN5O2S. The van der Waals surface area contributed by atoms with Gasteiger partial charge in [0.05, 0.1) is 0 Å². The summed E-state index contributed by atoms with van der Waals surface area (Å²) in [6.45, 7) is 2.02. The first-order chi connectivity index (χ1) is 16.1. The molecule has 164 valence electrons. The van der Waals surface area contributed by atoms with Gasteiger partial charge in [0, 0.05) is 33.8 Å². The Bertz CT molecular complexity index is 1470. The number of amides is 1. The minimum absolute atomic E-state index is 0.250. The summed E-state index contributed by atoms with van der Waals surface area (Å²) in [7, 11) is 0. The molecule has 7 nitrogen and oxygen atoms in total. The molecule has 1 amide bonds. The zero-order chi connectivity index (χ0) is 22.8. The summed E-state index contributed by atoms with van der Waals surface area (Å²) in [5.74, 6) is 1.92. The van der Waals surface area contributed by atoms with E-state index in [1.807, 2.05) is 67.6 Å². The van der Waals surface area contributed by atoms with E-state index >= 15 is 0 Å². The van der Waals surface area contributed by atoms with Gasteiger partial charge in [-0.15, -0.1) is 10.2 Å². The van der Waals surface area contributed by atoms with E-state index in [1.54, 1.807) is 10.6 Å². The molecular weight excluding hydrogens is 502 g/mol. The van der Waals surface area contributed by atoms with Gasteiger partial charge in [-0.25, -0.2) is 0 Å². The number of nitrogens with zero attached hydrogens (tertiary/aromatic N) is 4. The Morgan fingerprint density at radius 3 is 2.79 bits per heavy atom. The van der Waals surface area contributed by atoms with Crippen molar-refractivity contribution < 1.29 is 9.21 Å². The van der Waals surface area contributed by atoms with E-state index in [0.29, 0.717) is 11.4 Å². The Morgan fingerprint density at radius 1 is 1.12 bits per heavy atom. The van der Waals surface area contributed by atoms with Crippen molar-refractivity contribution in [3.63, 3.8) is 0 Å². The molecule has 5 aromatic rings. The van der Waals surface area contributed by atoms with Crippen molar-refractivity contribution in [3.05, 3.63) is 82.8 Å². The minimum atomic E-state index is -0.250. The van der Waals surface area contributed by atoms with Crippen LogP contribution in [0.25, 0.3) is 32.9 Å². The average molecular weight is 520 g/mol. The predicted octanol–water partition coefficient (Wildman–Crippen LogP) is 6.09. The number of hydrogen-bond acceptors (Lipinski definition) is 6. The predicted molar refractivity (Wildman–Crippen MR) is 133 cm³/mol. The highest BCUT2D eigenvalue weighted by Crippen LogP contribution is 2.28. The Kier molecular flexibility index (Phi) is 5.89. The van der Waals surface area contributed by atoms with Crippen LogP contribution in [0.2, 0.25) is 0 Å².